The molecule has 0 saturated heterocycles. The van der Waals surface area contributed by atoms with E-state index in [2.05, 4.69) is 0 Å². The molecule has 0 radical (unpaired) electrons. The van der Waals surface area contributed by atoms with E-state index in [9.17, 15) is 13.2 Å². The third kappa shape index (κ3) is 2.57. The van der Waals surface area contributed by atoms with E-state index in [0.717, 1.165) is 22.6 Å². The molecular weight excluding hydrogens is 259 g/mol. The molecule has 5 heteroatoms. The first kappa shape index (κ1) is 13.1. The lowest BCUT2D eigenvalue weighted by Gasteiger charge is -2.14. The van der Waals surface area contributed by atoms with Crippen LogP contribution in [0.1, 0.15) is 27.6 Å². The SMILES string of the molecule is Cc1sccc1C(N)c1cccc(C(F)(F)F)c1. The van der Waals surface area contributed by atoms with E-state index in [1.54, 1.807) is 6.07 Å². The van der Waals surface area contributed by atoms with E-state index >= 15 is 0 Å². The van der Waals surface area contributed by atoms with Crippen molar-refractivity contribution < 1.29 is 13.2 Å². The fourth-order valence-corrected chi connectivity index (χ4v) is 2.56. The quantitative estimate of drug-likeness (QED) is 0.873. The maximum absolute atomic E-state index is 12.6. The number of nitrogens with two attached hydrogens (primary N) is 1. The van der Waals surface area contributed by atoms with Gasteiger partial charge in [-0.15, -0.1) is 11.3 Å². The van der Waals surface area contributed by atoms with Crippen molar-refractivity contribution in [2.24, 2.45) is 5.73 Å². The van der Waals surface area contributed by atoms with Crippen molar-refractivity contribution in [2.45, 2.75) is 19.1 Å². The van der Waals surface area contributed by atoms with Gasteiger partial charge in [-0.25, -0.2) is 0 Å². The number of rotatable bonds is 2. The van der Waals surface area contributed by atoms with Gasteiger partial charge in [0.2, 0.25) is 0 Å². The number of halogens is 3. The van der Waals surface area contributed by atoms with Gasteiger partial charge in [0, 0.05) is 4.88 Å². The van der Waals surface area contributed by atoms with Crippen molar-refractivity contribution >= 4 is 11.3 Å². The van der Waals surface area contributed by atoms with Gasteiger partial charge in [0.05, 0.1) is 11.6 Å². The monoisotopic (exact) mass is 271 g/mol. The van der Waals surface area contributed by atoms with Gasteiger partial charge in [0.15, 0.2) is 0 Å². The van der Waals surface area contributed by atoms with Gasteiger partial charge in [0.1, 0.15) is 0 Å². The van der Waals surface area contributed by atoms with Crippen LogP contribution < -0.4 is 5.73 Å². The lowest BCUT2D eigenvalue weighted by atomic mass is 9.98. The summed E-state index contributed by atoms with van der Waals surface area (Å²) < 4.78 is 37.8. The Morgan fingerprint density at radius 1 is 1.22 bits per heavy atom. The van der Waals surface area contributed by atoms with E-state index in [0.29, 0.717) is 5.56 Å². The molecule has 18 heavy (non-hydrogen) atoms. The second-order valence-electron chi connectivity index (χ2n) is 4.03. The molecule has 0 aliphatic rings. The maximum atomic E-state index is 12.6. The molecule has 0 bridgehead atoms. The summed E-state index contributed by atoms with van der Waals surface area (Å²) >= 11 is 1.53. The summed E-state index contributed by atoms with van der Waals surface area (Å²) in [6.07, 6.45) is -4.33. The summed E-state index contributed by atoms with van der Waals surface area (Å²) in [6.45, 7) is 1.91. The fraction of sp³-hybridized carbons (Fsp3) is 0.231. The van der Waals surface area contributed by atoms with Crippen LogP contribution in [0.2, 0.25) is 0 Å². The number of alkyl halides is 3. The molecule has 0 saturated carbocycles. The predicted molar refractivity (Wildman–Crippen MR) is 66.5 cm³/mol. The Morgan fingerprint density at radius 2 is 1.94 bits per heavy atom. The normalized spacial score (nSPS) is 13.6. The van der Waals surface area contributed by atoms with Gasteiger partial charge in [-0.2, -0.15) is 13.2 Å². The first-order chi connectivity index (χ1) is 8.39. The van der Waals surface area contributed by atoms with Crippen LogP contribution in [0.5, 0.6) is 0 Å². The van der Waals surface area contributed by atoms with Crippen molar-refractivity contribution in [3.63, 3.8) is 0 Å². The highest BCUT2D eigenvalue weighted by Crippen LogP contribution is 2.32. The van der Waals surface area contributed by atoms with Crippen LogP contribution in [0.4, 0.5) is 13.2 Å². The Kier molecular flexibility index (Phi) is 3.45. The molecule has 2 N–H and O–H groups in total. The highest BCUT2D eigenvalue weighted by Gasteiger charge is 2.30. The maximum Gasteiger partial charge on any atom is 0.416 e. The second-order valence-corrected chi connectivity index (χ2v) is 5.15. The van der Waals surface area contributed by atoms with Gasteiger partial charge < -0.3 is 5.73 Å². The zero-order valence-electron chi connectivity index (χ0n) is 9.66. The molecule has 1 aromatic heterocycles. The molecule has 1 unspecified atom stereocenters. The minimum Gasteiger partial charge on any atom is -0.320 e. The van der Waals surface area contributed by atoms with Crippen LogP contribution in [-0.2, 0) is 6.18 Å². The summed E-state index contributed by atoms with van der Waals surface area (Å²) in [7, 11) is 0. The van der Waals surface area contributed by atoms with E-state index in [1.807, 2.05) is 18.4 Å². The minimum atomic E-state index is -4.33. The summed E-state index contributed by atoms with van der Waals surface area (Å²) in [5.74, 6) is 0. The molecular formula is C13H12F3NS. The van der Waals surface area contributed by atoms with Gasteiger partial charge >= 0.3 is 6.18 Å². The molecule has 0 aliphatic carbocycles. The highest BCUT2D eigenvalue weighted by atomic mass is 32.1. The standard InChI is InChI=1S/C13H12F3NS/c1-8-11(5-6-18-8)12(17)9-3-2-4-10(7-9)13(14,15)16/h2-7,12H,17H2,1H3. The Balaban J connectivity index is 2.38. The van der Waals surface area contributed by atoms with Crippen LogP contribution in [0.15, 0.2) is 35.7 Å². The average molecular weight is 271 g/mol. The lowest BCUT2D eigenvalue weighted by molar-refractivity contribution is -0.137. The van der Waals surface area contributed by atoms with Crippen molar-refractivity contribution in [1.29, 1.82) is 0 Å². The largest absolute Gasteiger partial charge is 0.416 e. The molecule has 1 heterocycles. The first-order valence-corrected chi connectivity index (χ1v) is 6.24. The second kappa shape index (κ2) is 4.74. The van der Waals surface area contributed by atoms with Gasteiger partial charge in [-0.3, -0.25) is 0 Å². The molecule has 0 aliphatic heterocycles. The van der Waals surface area contributed by atoms with E-state index in [1.165, 1.54) is 17.4 Å². The smallest absolute Gasteiger partial charge is 0.320 e. The Labute approximate surface area is 107 Å². The van der Waals surface area contributed by atoms with Gasteiger partial charge in [-0.05, 0) is 41.6 Å². The van der Waals surface area contributed by atoms with Gasteiger partial charge in [0.25, 0.3) is 0 Å². The number of benzene rings is 1. The van der Waals surface area contributed by atoms with Crippen molar-refractivity contribution in [3.05, 3.63) is 57.3 Å². The number of hydrogen-bond acceptors (Lipinski definition) is 2. The van der Waals surface area contributed by atoms with E-state index in [4.69, 9.17) is 5.73 Å². The highest BCUT2D eigenvalue weighted by molar-refractivity contribution is 7.10. The fourth-order valence-electron chi connectivity index (χ4n) is 1.81. The Morgan fingerprint density at radius 3 is 2.50 bits per heavy atom. The number of aryl methyl sites for hydroxylation is 1. The topological polar surface area (TPSA) is 26.0 Å². The Hall–Kier alpha value is -1.33. The average Bonchev–Trinajstić information content (AvgIpc) is 2.73. The third-order valence-corrected chi connectivity index (χ3v) is 3.67. The molecule has 0 fully saturated rings. The van der Waals surface area contributed by atoms with E-state index in [-0.39, 0.29) is 0 Å². The summed E-state index contributed by atoms with van der Waals surface area (Å²) in [4.78, 5) is 1.03. The molecule has 0 amide bonds. The zero-order valence-corrected chi connectivity index (χ0v) is 10.5. The van der Waals surface area contributed by atoms with Gasteiger partial charge in [-0.1, -0.05) is 12.1 Å². The van der Waals surface area contributed by atoms with Crippen molar-refractivity contribution in [2.75, 3.05) is 0 Å². The zero-order chi connectivity index (χ0) is 13.3. The minimum absolute atomic E-state index is 0.478. The van der Waals surface area contributed by atoms with E-state index < -0.39 is 17.8 Å². The lowest BCUT2D eigenvalue weighted by Crippen LogP contribution is -2.13. The van der Waals surface area contributed by atoms with Crippen LogP contribution in [0.3, 0.4) is 0 Å². The molecule has 1 aromatic carbocycles. The number of thiophene rings is 1. The number of hydrogen-bond donors (Lipinski definition) is 1. The Bertz CT molecular complexity index is 545. The summed E-state index contributed by atoms with van der Waals surface area (Å²) in [5, 5.41) is 1.89. The molecule has 1 nitrogen and oxygen atoms in total. The molecule has 96 valence electrons. The summed E-state index contributed by atoms with van der Waals surface area (Å²) in [5.41, 5.74) is 6.70. The summed E-state index contributed by atoms with van der Waals surface area (Å²) in [6, 6.07) is 6.51. The molecule has 2 aromatic rings. The predicted octanol–water partition coefficient (Wildman–Crippen LogP) is 4.12. The van der Waals surface area contributed by atoms with Crippen LogP contribution >= 0.6 is 11.3 Å². The molecule has 2 rings (SSSR count). The molecule has 0 spiro atoms. The van der Waals surface area contributed by atoms with Crippen LogP contribution in [0, 0.1) is 6.92 Å². The van der Waals surface area contributed by atoms with Crippen molar-refractivity contribution in [3.8, 4) is 0 Å². The van der Waals surface area contributed by atoms with Crippen molar-refractivity contribution in [1.82, 2.24) is 0 Å². The molecule has 1 atom stereocenters. The van der Waals surface area contributed by atoms with Crippen LogP contribution in [-0.4, -0.2) is 0 Å². The third-order valence-electron chi connectivity index (χ3n) is 2.81. The van der Waals surface area contributed by atoms with Crippen LogP contribution in [0.25, 0.3) is 0 Å². The first-order valence-electron chi connectivity index (χ1n) is 5.36.